The number of rotatable bonds is 5. The summed E-state index contributed by atoms with van der Waals surface area (Å²) in [6.45, 7) is 8.85. The Hall–Kier alpha value is -1.15. The maximum Gasteiger partial charge on any atom is 0.123 e. The Kier molecular flexibility index (Phi) is 4.50. The van der Waals surface area contributed by atoms with Gasteiger partial charge in [-0.05, 0) is 44.5 Å². The van der Waals surface area contributed by atoms with Gasteiger partial charge in [-0.3, -0.25) is 0 Å². The van der Waals surface area contributed by atoms with Crippen molar-refractivity contribution in [3.63, 3.8) is 0 Å². The van der Waals surface area contributed by atoms with Gasteiger partial charge < -0.3 is 5.32 Å². The summed E-state index contributed by atoms with van der Waals surface area (Å²) in [5, 5.41) is 3.37. The fraction of sp³-hybridized carbons (Fsp3) is 0.385. The van der Waals surface area contributed by atoms with E-state index in [4.69, 9.17) is 0 Å². The van der Waals surface area contributed by atoms with E-state index in [9.17, 15) is 4.39 Å². The topological polar surface area (TPSA) is 12.0 Å². The third kappa shape index (κ3) is 4.26. The summed E-state index contributed by atoms with van der Waals surface area (Å²) >= 11 is 0. The molecule has 0 aliphatic heterocycles. The van der Waals surface area contributed by atoms with E-state index in [0.29, 0.717) is 0 Å². The molecule has 1 rings (SSSR count). The molecule has 0 heterocycles. The molecule has 2 heteroatoms. The van der Waals surface area contributed by atoms with Gasteiger partial charge in [0, 0.05) is 6.04 Å². The maximum atomic E-state index is 12.7. The van der Waals surface area contributed by atoms with Crippen LogP contribution in [0.2, 0.25) is 0 Å². The Labute approximate surface area is 91.0 Å². The van der Waals surface area contributed by atoms with Gasteiger partial charge in [-0.15, -0.1) is 6.58 Å². The smallest absolute Gasteiger partial charge is 0.123 e. The molecular formula is C13H18FN. The van der Waals surface area contributed by atoms with Crippen molar-refractivity contribution < 1.29 is 4.39 Å². The first kappa shape index (κ1) is 11.9. The minimum Gasteiger partial charge on any atom is -0.310 e. The van der Waals surface area contributed by atoms with Gasteiger partial charge in [-0.2, -0.15) is 0 Å². The van der Waals surface area contributed by atoms with E-state index in [1.54, 1.807) is 0 Å². The number of benzene rings is 1. The molecule has 1 nitrogen and oxygen atoms in total. The Morgan fingerprint density at radius 3 is 2.53 bits per heavy atom. The van der Waals surface area contributed by atoms with E-state index >= 15 is 0 Å². The first-order valence-electron chi connectivity index (χ1n) is 5.23. The summed E-state index contributed by atoms with van der Waals surface area (Å²) in [6.07, 6.45) is 0.978. The largest absolute Gasteiger partial charge is 0.310 e. The lowest BCUT2D eigenvalue weighted by Crippen LogP contribution is -2.19. The zero-order chi connectivity index (χ0) is 11.3. The fourth-order valence-electron chi connectivity index (χ4n) is 1.37. The van der Waals surface area contributed by atoms with Crippen LogP contribution >= 0.6 is 0 Å². The first-order valence-corrected chi connectivity index (χ1v) is 5.23. The van der Waals surface area contributed by atoms with Gasteiger partial charge in [-0.25, -0.2) is 4.39 Å². The zero-order valence-electron chi connectivity index (χ0n) is 9.39. The molecule has 0 radical (unpaired) electrons. The Morgan fingerprint density at radius 1 is 1.40 bits per heavy atom. The third-order valence-corrected chi connectivity index (χ3v) is 2.37. The molecule has 0 aromatic heterocycles. The Bertz CT molecular complexity index is 316. The predicted octanol–water partition coefficient (Wildman–Crippen LogP) is 3.44. The fourth-order valence-corrected chi connectivity index (χ4v) is 1.37. The van der Waals surface area contributed by atoms with Crippen molar-refractivity contribution in [1.82, 2.24) is 5.32 Å². The molecule has 0 saturated carbocycles. The van der Waals surface area contributed by atoms with Crippen molar-refractivity contribution in [2.24, 2.45) is 0 Å². The highest BCUT2D eigenvalue weighted by Gasteiger charge is 2.03. The molecule has 0 bridgehead atoms. The molecule has 1 aromatic carbocycles. The SMILES string of the molecule is C=C(C)CCN[C@@H](C)c1ccc(F)cc1. The van der Waals surface area contributed by atoms with E-state index in [1.165, 1.54) is 17.7 Å². The molecule has 0 amide bonds. The molecule has 0 aliphatic rings. The minimum atomic E-state index is -0.187. The molecule has 0 fully saturated rings. The molecule has 1 N–H and O–H groups in total. The molecule has 1 atom stereocenters. The number of nitrogens with one attached hydrogen (secondary N) is 1. The summed E-state index contributed by atoms with van der Waals surface area (Å²) < 4.78 is 12.7. The third-order valence-electron chi connectivity index (χ3n) is 2.37. The van der Waals surface area contributed by atoms with E-state index in [-0.39, 0.29) is 11.9 Å². The van der Waals surface area contributed by atoms with Crippen LogP contribution in [0.1, 0.15) is 31.9 Å². The summed E-state index contributed by atoms with van der Waals surface area (Å²) in [5.41, 5.74) is 2.28. The van der Waals surface area contributed by atoms with Crippen LogP contribution in [0.4, 0.5) is 4.39 Å². The minimum absolute atomic E-state index is 0.187. The molecule has 1 aromatic rings. The normalized spacial score (nSPS) is 12.5. The molecular weight excluding hydrogens is 189 g/mol. The van der Waals surface area contributed by atoms with Gasteiger partial charge in [0.15, 0.2) is 0 Å². The lowest BCUT2D eigenvalue weighted by atomic mass is 10.1. The zero-order valence-corrected chi connectivity index (χ0v) is 9.39. The highest BCUT2D eigenvalue weighted by molar-refractivity contribution is 5.19. The van der Waals surface area contributed by atoms with Crippen LogP contribution < -0.4 is 5.32 Å². The molecule has 0 saturated heterocycles. The van der Waals surface area contributed by atoms with Crippen LogP contribution in [0, 0.1) is 5.82 Å². The van der Waals surface area contributed by atoms with Gasteiger partial charge in [0.25, 0.3) is 0 Å². The summed E-state index contributed by atoms with van der Waals surface area (Å²) in [5.74, 6) is -0.187. The highest BCUT2D eigenvalue weighted by atomic mass is 19.1. The Morgan fingerprint density at radius 2 is 2.00 bits per heavy atom. The van der Waals surface area contributed by atoms with Crippen molar-refractivity contribution in [1.29, 1.82) is 0 Å². The monoisotopic (exact) mass is 207 g/mol. The van der Waals surface area contributed by atoms with Crippen molar-refractivity contribution >= 4 is 0 Å². The number of hydrogen-bond donors (Lipinski definition) is 1. The van der Waals surface area contributed by atoms with Gasteiger partial charge in [0.1, 0.15) is 5.82 Å². The summed E-state index contributed by atoms with van der Waals surface area (Å²) in [4.78, 5) is 0. The molecule has 15 heavy (non-hydrogen) atoms. The van der Waals surface area contributed by atoms with E-state index < -0.39 is 0 Å². The molecule has 82 valence electrons. The van der Waals surface area contributed by atoms with Gasteiger partial charge in [-0.1, -0.05) is 17.7 Å². The average Bonchev–Trinajstić information content (AvgIpc) is 2.18. The van der Waals surface area contributed by atoms with E-state index in [1.807, 2.05) is 19.1 Å². The predicted molar refractivity (Wildman–Crippen MR) is 62.2 cm³/mol. The van der Waals surface area contributed by atoms with Crippen molar-refractivity contribution in [3.8, 4) is 0 Å². The van der Waals surface area contributed by atoms with Crippen LogP contribution in [-0.2, 0) is 0 Å². The van der Waals surface area contributed by atoms with Crippen molar-refractivity contribution in [2.75, 3.05) is 6.54 Å². The van der Waals surface area contributed by atoms with Crippen LogP contribution in [0.15, 0.2) is 36.4 Å². The van der Waals surface area contributed by atoms with Crippen molar-refractivity contribution in [2.45, 2.75) is 26.3 Å². The van der Waals surface area contributed by atoms with Crippen LogP contribution in [0.25, 0.3) is 0 Å². The average molecular weight is 207 g/mol. The lowest BCUT2D eigenvalue weighted by Gasteiger charge is -2.14. The second-order valence-electron chi connectivity index (χ2n) is 3.93. The van der Waals surface area contributed by atoms with Crippen LogP contribution in [-0.4, -0.2) is 6.54 Å². The first-order chi connectivity index (χ1) is 7.09. The summed E-state index contributed by atoms with van der Waals surface area (Å²) in [7, 11) is 0. The molecule has 0 unspecified atom stereocenters. The number of hydrogen-bond acceptors (Lipinski definition) is 1. The van der Waals surface area contributed by atoms with Crippen LogP contribution in [0.5, 0.6) is 0 Å². The van der Waals surface area contributed by atoms with E-state index in [2.05, 4.69) is 18.8 Å². The van der Waals surface area contributed by atoms with Gasteiger partial charge in [0.2, 0.25) is 0 Å². The molecule has 0 aliphatic carbocycles. The summed E-state index contributed by atoms with van der Waals surface area (Å²) in [6, 6.07) is 6.87. The number of halogens is 1. The van der Waals surface area contributed by atoms with E-state index in [0.717, 1.165) is 18.5 Å². The van der Waals surface area contributed by atoms with Crippen LogP contribution in [0.3, 0.4) is 0 Å². The highest BCUT2D eigenvalue weighted by Crippen LogP contribution is 2.12. The van der Waals surface area contributed by atoms with Crippen molar-refractivity contribution in [3.05, 3.63) is 47.8 Å². The van der Waals surface area contributed by atoms with Gasteiger partial charge in [0.05, 0.1) is 0 Å². The quantitative estimate of drug-likeness (QED) is 0.729. The Balaban J connectivity index is 2.43. The second-order valence-corrected chi connectivity index (χ2v) is 3.93. The maximum absolute atomic E-state index is 12.7. The van der Waals surface area contributed by atoms with Gasteiger partial charge >= 0.3 is 0 Å². The standard InChI is InChI=1S/C13H18FN/c1-10(2)8-9-15-11(3)12-4-6-13(14)7-5-12/h4-7,11,15H,1,8-9H2,2-3H3/t11-/m0/s1. The second kappa shape index (κ2) is 5.66. The lowest BCUT2D eigenvalue weighted by molar-refractivity contribution is 0.572. The molecule has 0 spiro atoms.